The average Bonchev–Trinajstić information content (AvgIpc) is 2.12. The number of hydrogen-bond donors (Lipinski definition) is 0. The summed E-state index contributed by atoms with van der Waals surface area (Å²) in [5.74, 6) is 1.83. The Morgan fingerprint density at radius 1 is 1.21 bits per heavy atom. The summed E-state index contributed by atoms with van der Waals surface area (Å²) in [6.45, 7) is 9.29. The first kappa shape index (κ1) is 12.2. The van der Waals surface area contributed by atoms with Crippen LogP contribution in [0.2, 0.25) is 0 Å². The van der Waals surface area contributed by atoms with E-state index < -0.39 is 0 Å². The van der Waals surface area contributed by atoms with Crippen LogP contribution in [0.25, 0.3) is 0 Å². The van der Waals surface area contributed by atoms with Crippen LogP contribution in [0.15, 0.2) is 12.2 Å². The molecule has 14 heavy (non-hydrogen) atoms. The van der Waals surface area contributed by atoms with E-state index in [9.17, 15) is 0 Å². The highest BCUT2D eigenvalue weighted by atomic mass is 32.2. The van der Waals surface area contributed by atoms with Crippen LogP contribution in [0.3, 0.4) is 0 Å². The zero-order valence-electron chi connectivity index (χ0n) is 9.99. The van der Waals surface area contributed by atoms with Crippen molar-refractivity contribution < 1.29 is 0 Å². The van der Waals surface area contributed by atoms with Gasteiger partial charge in [-0.2, -0.15) is 11.8 Å². The van der Waals surface area contributed by atoms with Crippen LogP contribution in [-0.2, 0) is 0 Å². The molecule has 0 amide bonds. The van der Waals surface area contributed by atoms with E-state index in [-0.39, 0.29) is 0 Å². The second-order valence-electron chi connectivity index (χ2n) is 4.72. The first-order valence-corrected chi connectivity index (χ1v) is 6.87. The van der Waals surface area contributed by atoms with Gasteiger partial charge in [0, 0.05) is 10.5 Å². The average molecular weight is 212 g/mol. The van der Waals surface area contributed by atoms with Gasteiger partial charge in [0.2, 0.25) is 0 Å². The molecule has 3 atom stereocenters. The fraction of sp³-hybridized carbons (Fsp3) is 0.846. The molecule has 0 aliphatic heterocycles. The van der Waals surface area contributed by atoms with Crippen molar-refractivity contribution in [2.75, 3.05) is 0 Å². The van der Waals surface area contributed by atoms with Crippen molar-refractivity contribution in [3.05, 3.63) is 12.2 Å². The van der Waals surface area contributed by atoms with E-state index in [1.807, 2.05) is 0 Å². The minimum atomic E-state index is 0.688. The highest BCUT2D eigenvalue weighted by Crippen LogP contribution is 2.39. The van der Waals surface area contributed by atoms with Crippen molar-refractivity contribution >= 4 is 11.8 Å². The van der Waals surface area contributed by atoms with Crippen molar-refractivity contribution in [3.63, 3.8) is 0 Å². The molecule has 82 valence electrons. The molecule has 1 heteroatoms. The molecule has 1 rings (SSSR count). The van der Waals surface area contributed by atoms with Crippen molar-refractivity contribution in [2.45, 2.75) is 57.5 Å². The quantitative estimate of drug-likeness (QED) is 0.620. The Morgan fingerprint density at radius 3 is 2.29 bits per heavy atom. The maximum Gasteiger partial charge on any atom is 0.0201 e. The Labute approximate surface area is 93.5 Å². The standard InChI is InChI=1S/C13H24S/c1-5-7-12(4)14-13-10(2)8-6-9-11(13)3/h5,7,10-13H,6,8-9H2,1-4H3/b7-5+. The minimum Gasteiger partial charge on any atom is -0.151 e. The fourth-order valence-electron chi connectivity index (χ4n) is 2.48. The summed E-state index contributed by atoms with van der Waals surface area (Å²) in [6, 6.07) is 0. The Balaban J connectivity index is 2.47. The molecule has 0 saturated heterocycles. The van der Waals surface area contributed by atoms with Crippen molar-refractivity contribution in [3.8, 4) is 0 Å². The van der Waals surface area contributed by atoms with Gasteiger partial charge < -0.3 is 0 Å². The van der Waals surface area contributed by atoms with Crippen molar-refractivity contribution in [2.24, 2.45) is 11.8 Å². The Kier molecular flexibility index (Phi) is 5.08. The van der Waals surface area contributed by atoms with E-state index in [0.717, 1.165) is 17.1 Å². The van der Waals surface area contributed by atoms with Crippen LogP contribution in [-0.4, -0.2) is 10.5 Å². The van der Waals surface area contributed by atoms with Crippen LogP contribution in [0.5, 0.6) is 0 Å². The van der Waals surface area contributed by atoms with Gasteiger partial charge in [0.15, 0.2) is 0 Å². The second-order valence-corrected chi connectivity index (χ2v) is 6.28. The van der Waals surface area contributed by atoms with Crippen LogP contribution in [0.4, 0.5) is 0 Å². The van der Waals surface area contributed by atoms with Crippen LogP contribution < -0.4 is 0 Å². The molecular weight excluding hydrogens is 188 g/mol. The lowest BCUT2D eigenvalue weighted by Crippen LogP contribution is -2.28. The zero-order valence-corrected chi connectivity index (χ0v) is 10.8. The highest BCUT2D eigenvalue weighted by molar-refractivity contribution is 8.00. The number of allylic oxidation sites excluding steroid dienone is 1. The summed E-state index contributed by atoms with van der Waals surface area (Å²) in [5, 5.41) is 1.57. The van der Waals surface area contributed by atoms with E-state index in [1.165, 1.54) is 19.3 Å². The topological polar surface area (TPSA) is 0 Å². The third-order valence-corrected chi connectivity index (χ3v) is 5.11. The lowest BCUT2D eigenvalue weighted by atomic mass is 9.83. The minimum absolute atomic E-state index is 0.688. The van der Waals surface area contributed by atoms with E-state index in [4.69, 9.17) is 0 Å². The second kappa shape index (κ2) is 5.85. The fourth-order valence-corrected chi connectivity index (χ4v) is 4.04. The SMILES string of the molecule is C/C=C/C(C)SC1C(C)CCCC1C. The van der Waals surface area contributed by atoms with Gasteiger partial charge in [-0.25, -0.2) is 0 Å². The van der Waals surface area contributed by atoms with E-state index >= 15 is 0 Å². The number of thioether (sulfide) groups is 1. The molecule has 0 heterocycles. The summed E-state index contributed by atoms with van der Waals surface area (Å²) >= 11 is 2.17. The van der Waals surface area contributed by atoms with E-state index in [1.54, 1.807) is 0 Å². The van der Waals surface area contributed by atoms with Gasteiger partial charge in [0.05, 0.1) is 0 Å². The molecule has 0 aromatic heterocycles. The molecule has 0 aromatic carbocycles. The first-order valence-electron chi connectivity index (χ1n) is 5.93. The van der Waals surface area contributed by atoms with Crippen LogP contribution in [0, 0.1) is 11.8 Å². The Bertz CT molecular complexity index is 176. The maximum absolute atomic E-state index is 2.43. The molecule has 1 fully saturated rings. The molecule has 3 unspecified atom stereocenters. The van der Waals surface area contributed by atoms with Crippen molar-refractivity contribution in [1.82, 2.24) is 0 Å². The smallest absolute Gasteiger partial charge is 0.0201 e. The van der Waals surface area contributed by atoms with Gasteiger partial charge in [-0.3, -0.25) is 0 Å². The molecule has 0 spiro atoms. The molecule has 0 radical (unpaired) electrons. The molecule has 1 aliphatic rings. The molecule has 0 aromatic rings. The molecule has 1 saturated carbocycles. The van der Waals surface area contributed by atoms with E-state index in [0.29, 0.717) is 5.25 Å². The van der Waals surface area contributed by atoms with Crippen LogP contribution in [0.1, 0.15) is 47.0 Å². The number of hydrogen-bond acceptors (Lipinski definition) is 1. The van der Waals surface area contributed by atoms with Gasteiger partial charge in [0.1, 0.15) is 0 Å². The third kappa shape index (κ3) is 3.34. The highest BCUT2D eigenvalue weighted by Gasteiger charge is 2.28. The maximum atomic E-state index is 2.43. The van der Waals surface area contributed by atoms with Crippen molar-refractivity contribution in [1.29, 1.82) is 0 Å². The molecule has 0 N–H and O–H groups in total. The molecule has 0 bridgehead atoms. The monoisotopic (exact) mass is 212 g/mol. The Hall–Kier alpha value is 0.0900. The van der Waals surface area contributed by atoms with Gasteiger partial charge in [-0.1, -0.05) is 32.4 Å². The zero-order chi connectivity index (χ0) is 10.6. The summed E-state index contributed by atoms with van der Waals surface area (Å²) in [4.78, 5) is 0. The lowest BCUT2D eigenvalue weighted by molar-refractivity contribution is 0.314. The van der Waals surface area contributed by atoms with E-state index in [2.05, 4.69) is 51.6 Å². The Morgan fingerprint density at radius 2 is 1.79 bits per heavy atom. The summed E-state index contributed by atoms with van der Waals surface area (Å²) in [7, 11) is 0. The third-order valence-electron chi connectivity index (χ3n) is 3.28. The van der Waals surface area contributed by atoms with Crippen LogP contribution >= 0.6 is 11.8 Å². The largest absolute Gasteiger partial charge is 0.151 e. The summed E-state index contributed by atoms with van der Waals surface area (Å²) in [6.07, 6.45) is 8.81. The lowest BCUT2D eigenvalue weighted by Gasteiger charge is -2.35. The van der Waals surface area contributed by atoms with Gasteiger partial charge >= 0.3 is 0 Å². The predicted octanol–water partition coefficient (Wildman–Crippen LogP) is 4.51. The van der Waals surface area contributed by atoms with Gasteiger partial charge in [-0.05, 0) is 38.5 Å². The normalized spacial score (nSPS) is 36.1. The molecule has 0 nitrogen and oxygen atoms in total. The molecular formula is C13H24S. The predicted molar refractivity (Wildman–Crippen MR) is 67.8 cm³/mol. The summed E-state index contributed by atoms with van der Waals surface area (Å²) in [5.41, 5.74) is 0. The van der Waals surface area contributed by atoms with Gasteiger partial charge in [0.25, 0.3) is 0 Å². The number of rotatable bonds is 3. The summed E-state index contributed by atoms with van der Waals surface area (Å²) < 4.78 is 0. The first-order chi connectivity index (χ1) is 6.65. The molecule has 1 aliphatic carbocycles. The van der Waals surface area contributed by atoms with Gasteiger partial charge in [-0.15, -0.1) is 0 Å².